The SMILES string of the molecule is CC1=NN(c2ccccc2)C(=O)[C@@]12[C@H](c1ccccc1)CC(=O)C[C@H]2c1ccccc1Cl. The third kappa shape index (κ3) is 3.09. The van der Waals surface area contributed by atoms with Gasteiger partial charge in [-0.2, -0.15) is 10.1 Å². The van der Waals surface area contributed by atoms with E-state index >= 15 is 0 Å². The predicted octanol–water partition coefficient (Wildman–Crippen LogP) is 5.98. The van der Waals surface area contributed by atoms with Crippen molar-refractivity contribution in [1.29, 1.82) is 0 Å². The predicted molar refractivity (Wildman–Crippen MR) is 127 cm³/mol. The zero-order valence-electron chi connectivity index (χ0n) is 17.7. The molecule has 3 aromatic carbocycles. The number of anilines is 1. The van der Waals surface area contributed by atoms with Gasteiger partial charge in [0.05, 0.1) is 11.4 Å². The molecule has 5 rings (SSSR count). The minimum absolute atomic E-state index is 0.104. The fourth-order valence-electron chi connectivity index (χ4n) is 5.44. The summed E-state index contributed by atoms with van der Waals surface area (Å²) in [6.07, 6.45) is 0.556. The van der Waals surface area contributed by atoms with Gasteiger partial charge in [0.2, 0.25) is 0 Å². The highest BCUT2D eigenvalue weighted by atomic mass is 35.5. The molecule has 3 atom stereocenters. The monoisotopic (exact) mass is 442 g/mol. The molecule has 0 N–H and O–H groups in total. The highest BCUT2D eigenvalue weighted by Gasteiger charge is 2.62. The molecule has 0 saturated heterocycles. The Bertz CT molecular complexity index is 1210. The van der Waals surface area contributed by atoms with Gasteiger partial charge in [0, 0.05) is 29.7 Å². The molecule has 3 aromatic rings. The fourth-order valence-corrected chi connectivity index (χ4v) is 5.70. The summed E-state index contributed by atoms with van der Waals surface area (Å²) in [7, 11) is 0. The Morgan fingerprint density at radius 3 is 2.12 bits per heavy atom. The zero-order valence-corrected chi connectivity index (χ0v) is 18.5. The van der Waals surface area contributed by atoms with Gasteiger partial charge in [-0.05, 0) is 36.2 Å². The van der Waals surface area contributed by atoms with Crippen molar-refractivity contribution in [3.63, 3.8) is 0 Å². The van der Waals surface area contributed by atoms with Crippen LogP contribution in [-0.4, -0.2) is 17.4 Å². The molecule has 1 saturated carbocycles. The molecular formula is C27H23ClN2O2. The summed E-state index contributed by atoms with van der Waals surface area (Å²) in [5, 5.41) is 6.84. The first kappa shape index (κ1) is 20.7. The van der Waals surface area contributed by atoms with Crippen molar-refractivity contribution in [2.75, 3.05) is 5.01 Å². The quantitative estimate of drug-likeness (QED) is 0.501. The lowest BCUT2D eigenvalue weighted by atomic mass is 9.54. The summed E-state index contributed by atoms with van der Waals surface area (Å²) < 4.78 is 0. The van der Waals surface area contributed by atoms with Crippen molar-refractivity contribution in [3.05, 3.63) is 101 Å². The third-order valence-electron chi connectivity index (χ3n) is 6.84. The maximum Gasteiger partial charge on any atom is 0.260 e. The van der Waals surface area contributed by atoms with Crippen molar-refractivity contribution in [1.82, 2.24) is 0 Å². The largest absolute Gasteiger partial charge is 0.300 e. The number of carbonyl (C=O) groups excluding carboxylic acids is 2. The van der Waals surface area contributed by atoms with Crippen LogP contribution in [0.4, 0.5) is 5.69 Å². The molecule has 1 spiro atoms. The van der Waals surface area contributed by atoms with Crippen LogP contribution in [0.2, 0.25) is 5.02 Å². The lowest BCUT2D eigenvalue weighted by Gasteiger charge is -2.46. The second-order valence-corrected chi connectivity index (χ2v) is 8.90. The van der Waals surface area contributed by atoms with E-state index in [-0.39, 0.29) is 24.0 Å². The molecular weight excluding hydrogens is 420 g/mol. The molecule has 1 amide bonds. The number of rotatable bonds is 3. The van der Waals surface area contributed by atoms with Crippen LogP contribution in [0.15, 0.2) is 90.0 Å². The molecule has 1 heterocycles. The van der Waals surface area contributed by atoms with E-state index in [1.54, 1.807) is 0 Å². The molecule has 5 heteroatoms. The summed E-state index contributed by atoms with van der Waals surface area (Å²) in [5.74, 6) is -0.690. The van der Waals surface area contributed by atoms with E-state index in [0.717, 1.165) is 22.5 Å². The average Bonchev–Trinajstić information content (AvgIpc) is 3.08. The molecule has 1 aliphatic heterocycles. The minimum Gasteiger partial charge on any atom is -0.300 e. The van der Waals surface area contributed by atoms with E-state index < -0.39 is 11.3 Å². The van der Waals surface area contributed by atoms with E-state index in [0.29, 0.717) is 11.4 Å². The number of hydrogen-bond donors (Lipinski definition) is 0. The van der Waals surface area contributed by atoms with Crippen LogP contribution in [0.5, 0.6) is 0 Å². The van der Waals surface area contributed by atoms with Gasteiger partial charge in [-0.3, -0.25) is 9.59 Å². The lowest BCUT2D eigenvalue weighted by molar-refractivity contribution is -0.131. The summed E-state index contributed by atoms with van der Waals surface area (Å²) in [6, 6.07) is 26.8. The van der Waals surface area contributed by atoms with Gasteiger partial charge in [0.25, 0.3) is 5.91 Å². The Morgan fingerprint density at radius 2 is 1.44 bits per heavy atom. The molecule has 0 aromatic heterocycles. The summed E-state index contributed by atoms with van der Waals surface area (Å²) in [5.41, 5.74) is 2.24. The molecule has 1 fully saturated rings. The topological polar surface area (TPSA) is 49.7 Å². The Morgan fingerprint density at radius 1 is 0.844 bits per heavy atom. The Hall–Kier alpha value is -3.24. The molecule has 160 valence electrons. The molecule has 2 aliphatic rings. The molecule has 0 radical (unpaired) electrons. The number of nitrogens with zero attached hydrogens (tertiary/aromatic N) is 2. The second kappa shape index (κ2) is 8.03. The van der Waals surface area contributed by atoms with Crippen LogP contribution >= 0.6 is 11.6 Å². The number of para-hydroxylation sites is 1. The van der Waals surface area contributed by atoms with Crippen molar-refractivity contribution >= 4 is 34.7 Å². The van der Waals surface area contributed by atoms with Gasteiger partial charge < -0.3 is 0 Å². The summed E-state index contributed by atoms with van der Waals surface area (Å²) in [4.78, 5) is 27.4. The van der Waals surface area contributed by atoms with Crippen LogP contribution in [0.1, 0.15) is 42.7 Å². The van der Waals surface area contributed by atoms with Gasteiger partial charge in [-0.15, -0.1) is 0 Å². The van der Waals surface area contributed by atoms with Crippen molar-refractivity contribution in [3.8, 4) is 0 Å². The molecule has 1 aliphatic carbocycles. The van der Waals surface area contributed by atoms with E-state index in [2.05, 4.69) is 0 Å². The first-order valence-electron chi connectivity index (χ1n) is 10.8. The second-order valence-electron chi connectivity index (χ2n) is 8.49. The summed E-state index contributed by atoms with van der Waals surface area (Å²) in [6.45, 7) is 1.91. The average molecular weight is 443 g/mol. The number of ketones is 1. The van der Waals surface area contributed by atoms with Crippen LogP contribution in [0.3, 0.4) is 0 Å². The van der Waals surface area contributed by atoms with E-state index in [4.69, 9.17) is 16.7 Å². The van der Waals surface area contributed by atoms with E-state index in [1.807, 2.05) is 91.9 Å². The fraction of sp³-hybridized carbons (Fsp3) is 0.222. The van der Waals surface area contributed by atoms with Gasteiger partial charge in [-0.25, -0.2) is 0 Å². The minimum atomic E-state index is -0.990. The Balaban J connectivity index is 1.75. The van der Waals surface area contributed by atoms with Gasteiger partial charge >= 0.3 is 0 Å². The number of Topliss-reactive ketones (excluding diaryl/α,β-unsaturated/α-hetero) is 1. The van der Waals surface area contributed by atoms with E-state index in [9.17, 15) is 9.59 Å². The highest BCUT2D eigenvalue weighted by Crippen LogP contribution is 2.59. The van der Waals surface area contributed by atoms with Crippen LogP contribution < -0.4 is 5.01 Å². The van der Waals surface area contributed by atoms with Crippen LogP contribution in [0.25, 0.3) is 0 Å². The number of benzene rings is 3. The number of hydrogen-bond acceptors (Lipinski definition) is 3. The maximum absolute atomic E-state index is 14.3. The number of carbonyl (C=O) groups is 2. The first-order chi connectivity index (χ1) is 15.5. The highest BCUT2D eigenvalue weighted by molar-refractivity contribution is 6.31. The normalized spacial score (nSPS) is 25.3. The van der Waals surface area contributed by atoms with Gasteiger partial charge in [0.15, 0.2) is 0 Å². The van der Waals surface area contributed by atoms with Crippen LogP contribution in [-0.2, 0) is 9.59 Å². The van der Waals surface area contributed by atoms with Gasteiger partial charge in [0.1, 0.15) is 11.2 Å². The number of halogens is 1. The third-order valence-corrected chi connectivity index (χ3v) is 7.19. The van der Waals surface area contributed by atoms with Crippen LogP contribution in [0, 0.1) is 5.41 Å². The maximum atomic E-state index is 14.3. The van der Waals surface area contributed by atoms with Gasteiger partial charge in [-0.1, -0.05) is 78.3 Å². The molecule has 4 nitrogen and oxygen atoms in total. The van der Waals surface area contributed by atoms with Crippen molar-refractivity contribution in [2.45, 2.75) is 31.6 Å². The smallest absolute Gasteiger partial charge is 0.260 e. The zero-order chi connectivity index (χ0) is 22.3. The standard InChI is InChI=1S/C27H23ClN2O2/c1-18-27(26(32)30(29-18)20-12-6-3-7-13-20)23(19-10-4-2-5-11-19)16-21(31)17-24(27)22-14-8-9-15-25(22)28/h2-15,23-24H,16-17H2,1H3/t23-,24-,27+/m0/s1. The Labute approximate surface area is 192 Å². The van der Waals surface area contributed by atoms with Crippen molar-refractivity contribution in [2.24, 2.45) is 10.5 Å². The van der Waals surface area contributed by atoms with Crippen molar-refractivity contribution < 1.29 is 9.59 Å². The number of amides is 1. The summed E-state index contributed by atoms with van der Waals surface area (Å²) >= 11 is 6.63. The van der Waals surface area contributed by atoms with E-state index in [1.165, 1.54) is 5.01 Å². The molecule has 32 heavy (non-hydrogen) atoms. The molecule has 0 unspecified atom stereocenters. The molecule has 0 bridgehead atoms. The lowest BCUT2D eigenvalue weighted by Crippen LogP contribution is -2.52. The number of hydrazone groups is 1. The Kier molecular flexibility index (Phi) is 5.18. The first-order valence-corrected chi connectivity index (χ1v) is 11.2.